The van der Waals surface area contributed by atoms with Crippen molar-refractivity contribution in [2.24, 2.45) is 0 Å². The summed E-state index contributed by atoms with van der Waals surface area (Å²) >= 11 is 5.97. The molecule has 0 bridgehead atoms. The summed E-state index contributed by atoms with van der Waals surface area (Å²) in [7, 11) is 0. The van der Waals surface area contributed by atoms with Gasteiger partial charge in [0.2, 0.25) is 0 Å². The molecule has 0 aliphatic heterocycles. The van der Waals surface area contributed by atoms with Crippen LogP contribution in [0.3, 0.4) is 0 Å². The Kier molecular flexibility index (Phi) is 8.43. The highest BCUT2D eigenvalue weighted by atomic mass is 35.5. The van der Waals surface area contributed by atoms with Crippen molar-refractivity contribution in [3.8, 4) is 0 Å². The van der Waals surface area contributed by atoms with E-state index in [4.69, 9.17) is 11.6 Å². The Morgan fingerprint density at radius 1 is 1.22 bits per heavy atom. The van der Waals surface area contributed by atoms with Crippen molar-refractivity contribution in [2.75, 3.05) is 18.5 Å². The molecule has 0 spiro atoms. The van der Waals surface area contributed by atoms with Crippen LogP contribution >= 0.6 is 24.0 Å². The number of rotatable bonds is 9. The number of fused-ring (bicyclic) bond motifs is 1. The van der Waals surface area contributed by atoms with E-state index in [1.807, 2.05) is 24.3 Å². The topological polar surface area (TPSA) is 77.3 Å². The molecule has 126 valence electrons. The fraction of sp³-hybridized carbons (Fsp3) is 0.400. The predicted molar refractivity (Wildman–Crippen MR) is 93.9 cm³/mol. The number of unbranched alkanes of at least 4 members (excludes halogenated alkanes) is 3. The first kappa shape index (κ1) is 19.3. The van der Waals surface area contributed by atoms with Crippen LogP contribution < -0.4 is 5.32 Å². The van der Waals surface area contributed by atoms with Crippen molar-refractivity contribution in [1.29, 1.82) is 0 Å². The summed E-state index contributed by atoms with van der Waals surface area (Å²) in [6.07, 6.45) is 5.38. The molecule has 0 saturated heterocycles. The number of halogens is 2. The van der Waals surface area contributed by atoms with Gasteiger partial charge >= 0.3 is 0 Å². The third kappa shape index (κ3) is 6.46. The van der Waals surface area contributed by atoms with Gasteiger partial charge in [0.1, 0.15) is 0 Å². The third-order valence-corrected chi connectivity index (χ3v) is 3.52. The molecule has 2 rings (SSSR count). The molecule has 0 aliphatic rings. The van der Waals surface area contributed by atoms with Crippen molar-refractivity contribution in [3.05, 3.63) is 45.6 Å². The lowest BCUT2D eigenvalue weighted by atomic mass is 10.1. The lowest BCUT2D eigenvalue weighted by Crippen LogP contribution is -2.04. The highest BCUT2D eigenvalue weighted by Crippen LogP contribution is 2.24. The molecule has 0 fully saturated rings. The molecular weight excluding hydrogens is 341 g/mol. The number of nitrogens with zero attached hydrogens (tertiary/aromatic N) is 2. The summed E-state index contributed by atoms with van der Waals surface area (Å²) < 4.78 is 0. The van der Waals surface area contributed by atoms with Crippen LogP contribution in [0.2, 0.25) is 5.02 Å². The molecule has 0 radical (unpaired) electrons. The maximum Gasteiger partial charge on any atom is 0.294 e. The maximum absolute atomic E-state index is 9.98. The Labute approximate surface area is 145 Å². The molecule has 0 atom stereocenters. The third-order valence-electron chi connectivity index (χ3n) is 3.29. The zero-order valence-electron chi connectivity index (χ0n) is 12.5. The van der Waals surface area contributed by atoms with E-state index in [1.165, 1.54) is 0 Å². The van der Waals surface area contributed by atoms with Gasteiger partial charge in [-0.15, -0.1) is 22.5 Å². The first-order valence-corrected chi connectivity index (χ1v) is 7.60. The van der Waals surface area contributed by atoms with E-state index in [-0.39, 0.29) is 19.0 Å². The van der Waals surface area contributed by atoms with Gasteiger partial charge in [-0.3, -0.25) is 4.98 Å². The number of aromatic nitrogens is 1. The van der Waals surface area contributed by atoms with E-state index in [0.717, 1.165) is 42.4 Å². The second-order valence-corrected chi connectivity index (χ2v) is 5.35. The number of hydrogen-bond acceptors (Lipinski definition) is 5. The summed E-state index contributed by atoms with van der Waals surface area (Å²) in [5.41, 5.74) is 1.91. The van der Waals surface area contributed by atoms with Crippen LogP contribution in [-0.4, -0.2) is 23.2 Å². The van der Waals surface area contributed by atoms with Crippen LogP contribution in [0.15, 0.2) is 30.5 Å². The van der Waals surface area contributed by atoms with Crippen LogP contribution in [0.25, 0.3) is 10.9 Å². The molecule has 1 N–H and O–H groups in total. The van der Waals surface area contributed by atoms with Gasteiger partial charge in [-0.1, -0.05) is 24.4 Å². The highest BCUT2D eigenvalue weighted by Gasteiger charge is 2.02. The highest BCUT2D eigenvalue weighted by molar-refractivity contribution is 6.31. The zero-order chi connectivity index (χ0) is 15.8. The average molecular weight is 360 g/mol. The van der Waals surface area contributed by atoms with Crippen molar-refractivity contribution >= 4 is 40.6 Å². The fourth-order valence-corrected chi connectivity index (χ4v) is 2.38. The predicted octanol–water partition coefficient (Wildman–Crippen LogP) is 4.49. The van der Waals surface area contributed by atoms with Crippen LogP contribution in [0.5, 0.6) is 0 Å². The molecule has 1 heterocycles. The van der Waals surface area contributed by atoms with E-state index < -0.39 is 5.09 Å². The van der Waals surface area contributed by atoms with E-state index in [9.17, 15) is 10.1 Å². The summed E-state index contributed by atoms with van der Waals surface area (Å²) in [5.74, 6) is 0. The smallest absolute Gasteiger partial charge is 0.294 e. The number of pyridine rings is 1. The van der Waals surface area contributed by atoms with E-state index in [0.29, 0.717) is 11.4 Å². The standard InChI is InChI=1S/C15H18ClN3O3.ClH/c16-12-5-6-13-14(7-9-18-15(13)11-12)17-8-3-1-2-4-10-22-19(20)21;/h5-7,9,11H,1-4,8,10H2,(H,17,18);1H. The van der Waals surface area contributed by atoms with Gasteiger partial charge in [0.05, 0.1) is 12.1 Å². The van der Waals surface area contributed by atoms with Crippen LogP contribution in [0.1, 0.15) is 25.7 Å². The van der Waals surface area contributed by atoms with Gasteiger partial charge in [-0.2, -0.15) is 0 Å². The van der Waals surface area contributed by atoms with Gasteiger partial charge in [0, 0.05) is 28.8 Å². The van der Waals surface area contributed by atoms with Crippen LogP contribution in [-0.2, 0) is 4.84 Å². The second-order valence-electron chi connectivity index (χ2n) is 4.92. The molecular formula is C15H19Cl2N3O3. The monoisotopic (exact) mass is 359 g/mol. The Morgan fingerprint density at radius 2 is 2.00 bits per heavy atom. The van der Waals surface area contributed by atoms with Crippen molar-refractivity contribution in [1.82, 2.24) is 4.98 Å². The van der Waals surface area contributed by atoms with Gasteiger partial charge in [-0.25, -0.2) is 0 Å². The molecule has 8 heteroatoms. The van der Waals surface area contributed by atoms with Gasteiger partial charge < -0.3 is 10.2 Å². The number of hydrogen-bond donors (Lipinski definition) is 1. The molecule has 0 aliphatic carbocycles. The zero-order valence-corrected chi connectivity index (χ0v) is 14.1. The molecule has 0 saturated carbocycles. The average Bonchev–Trinajstić information content (AvgIpc) is 2.49. The Bertz CT molecular complexity index is 640. The molecule has 0 unspecified atom stereocenters. The van der Waals surface area contributed by atoms with Crippen molar-refractivity contribution < 1.29 is 9.92 Å². The quantitative estimate of drug-likeness (QED) is 0.405. The van der Waals surface area contributed by atoms with Crippen molar-refractivity contribution in [2.45, 2.75) is 25.7 Å². The normalized spacial score (nSPS) is 10.1. The van der Waals surface area contributed by atoms with Gasteiger partial charge in [0.15, 0.2) is 0 Å². The summed E-state index contributed by atoms with van der Waals surface area (Å²) in [6.45, 7) is 1.02. The molecule has 6 nitrogen and oxygen atoms in total. The summed E-state index contributed by atoms with van der Waals surface area (Å²) in [5, 5.41) is 14.3. The van der Waals surface area contributed by atoms with Gasteiger partial charge in [0.25, 0.3) is 5.09 Å². The molecule has 23 heavy (non-hydrogen) atoms. The Hall–Kier alpha value is -1.79. The minimum atomic E-state index is -0.748. The molecule has 2 aromatic rings. The first-order chi connectivity index (χ1) is 10.7. The van der Waals surface area contributed by atoms with Crippen molar-refractivity contribution in [3.63, 3.8) is 0 Å². The lowest BCUT2D eigenvalue weighted by Gasteiger charge is -2.09. The Balaban J connectivity index is 0.00000264. The van der Waals surface area contributed by atoms with Gasteiger partial charge in [-0.05, 0) is 37.1 Å². The van der Waals surface area contributed by atoms with E-state index in [1.54, 1.807) is 6.20 Å². The lowest BCUT2D eigenvalue weighted by molar-refractivity contribution is -0.757. The molecule has 1 aromatic carbocycles. The van der Waals surface area contributed by atoms with Crippen LogP contribution in [0, 0.1) is 10.1 Å². The summed E-state index contributed by atoms with van der Waals surface area (Å²) in [6, 6.07) is 7.60. The maximum atomic E-state index is 9.98. The van der Waals surface area contributed by atoms with E-state index >= 15 is 0 Å². The number of benzene rings is 1. The Morgan fingerprint density at radius 3 is 2.78 bits per heavy atom. The molecule has 1 aromatic heterocycles. The largest absolute Gasteiger partial charge is 0.384 e. The first-order valence-electron chi connectivity index (χ1n) is 7.22. The molecule has 0 amide bonds. The summed E-state index contributed by atoms with van der Waals surface area (Å²) in [4.78, 5) is 18.5. The minimum Gasteiger partial charge on any atom is -0.384 e. The SMILES string of the molecule is Cl.O=[N+]([O-])OCCCCCCNc1ccnc2cc(Cl)ccc12. The second kappa shape index (κ2) is 10.1. The minimum absolute atomic E-state index is 0. The van der Waals surface area contributed by atoms with Crippen LogP contribution in [0.4, 0.5) is 5.69 Å². The van der Waals surface area contributed by atoms with E-state index in [2.05, 4.69) is 15.1 Å². The fourth-order valence-electron chi connectivity index (χ4n) is 2.22. The number of anilines is 1. The number of nitrogens with one attached hydrogen (secondary N) is 1.